The van der Waals surface area contributed by atoms with Gasteiger partial charge in [-0.2, -0.15) is 0 Å². The first-order valence-electron chi connectivity index (χ1n) is 7.18. The molecule has 6 heteroatoms. The Morgan fingerprint density at radius 3 is 2.70 bits per heavy atom. The van der Waals surface area contributed by atoms with Crippen LogP contribution in [0.3, 0.4) is 0 Å². The molecule has 0 spiro atoms. The van der Waals surface area contributed by atoms with Crippen LogP contribution in [0.4, 0.5) is 17.1 Å². The molecule has 0 aromatic heterocycles. The summed E-state index contributed by atoms with van der Waals surface area (Å²) in [5.74, 6) is 0.765. The van der Waals surface area contributed by atoms with Gasteiger partial charge in [0.05, 0.1) is 34.9 Å². The molecule has 2 aromatic carbocycles. The number of aliphatic imine (C=N–C) groups is 1. The van der Waals surface area contributed by atoms with Gasteiger partial charge in [0, 0.05) is 25.3 Å². The summed E-state index contributed by atoms with van der Waals surface area (Å²) in [6.45, 7) is 2.91. The Bertz CT molecular complexity index is 704. The molecule has 0 atom stereocenters. The highest BCUT2D eigenvalue weighted by molar-refractivity contribution is 6.37. The lowest BCUT2D eigenvalue weighted by Crippen LogP contribution is -2.14. The predicted octanol–water partition coefficient (Wildman–Crippen LogP) is 5.36. The van der Waals surface area contributed by atoms with Gasteiger partial charge in [-0.15, -0.1) is 0 Å². The Balaban J connectivity index is 2.24. The molecule has 23 heavy (non-hydrogen) atoms. The average Bonchev–Trinajstić information content (AvgIpc) is 2.56. The van der Waals surface area contributed by atoms with Gasteiger partial charge in [-0.25, -0.2) is 4.99 Å². The second kappa shape index (κ2) is 8.09. The van der Waals surface area contributed by atoms with Gasteiger partial charge in [-0.3, -0.25) is 0 Å². The highest BCUT2D eigenvalue weighted by Gasteiger charge is 2.08. The van der Waals surface area contributed by atoms with Crippen molar-refractivity contribution in [2.24, 2.45) is 4.99 Å². The lowest BCUT2D eigenvalue weighted by molar-refractivity contribution is 0.415. The van der Waals surface area contributed by atoms with Crippen LogP contribution in [0.15, 0.2) is 41.4 Å². The maximum absolute atomic E-state index is 6.33. The lowest BCUT2D eigenvalue weighted by atomic mass is 10.2. The summed E-state index contributed by atoms with van der Waals surface area (Å²) in [5.41, 5.74) is 2.21. The molecule has 0 bridgehead atoms. The summed E-state index contributed by atoms with van der Waals surface area (Å²) < 4.78 is 5.21. The van der Waals surface area contributed by atoms with Crippen molar-refractivity contribution in [2.75, 3.05) is 26.0 Å². The molecule has 2 aromatic rings. The van der Waals surface area contributed by atoms with E-state index in [1.807, 2.05) is 43.1 Å². The standard InChI is InChI=1S/C17H19Cl2N3O/c1-4-22(2)11-20-16-9-15(19)17(10-14(16)18)21-12-6-5-7-13(8-12)23-3/h5-11,21H,4H2,1-3H3/b20-11-. The van der Waals surface area contributed by atoms with Crippen LogP contribution >= 0.6 is 23.2 Å². The molecule has 0 saturated heterocycles. The predicted molar refractivity (Wildman–Crippen MR) is 99.2 cm³/mol. The van der Waals surface area contributed by atoms with E-state index in [2.05, 4.69) is 10.3 Å². The molecule has 0 heterocycles. The fourth-order valence-corrected chi connectivity index (χ4v) is 2.25. The molecule has 1 N–H and O–H groups in total. The van der Waals surface area contributed by atoms with Gasteiger partial charge in [0.2, 0.25) is 0 Å². The normalized spacial score (nSPS) is 10.8. The quantitative estimate of drug-likeness (QED) is 0.562. The number of nitrogens with one attached hydrogen (secondary N) is 1. The van der Waals surface area contributed by atoms with Gasteiger partial charge in [-0.1, -0.05) is 29.3 Å². The van der Waals surface area contributed by atoms with Gasteiger partial charge < -0.3 is 15.0 Å². The van der Waals surface area contributed by atoms with Crippen molar-refractivity contribution in [3.8, 4) is 5.75 Å². The molecular formula is C17H19Cl2N3O. The Morgan fingerprint density at radius 1 is 1.22 bits per heavy atom. The molecular weight excluding hydrogens is 333 g/mol. The number of methoxy groups -OCH3 is 1. The van der Waals surface area contributed by atoms with Crippen LogP contribution in [-0.2, 0) is 0 Å². The van der Waals surface area contributed by atoms with Crippen LogP contribution < -0.4 is 10.1 Å². The van der Waals surface area contributed by atoms with Crippen molar-refractivity contribution >= 4 is 46.6 Å². The van der Waals surface area contributed by atoms with Crippen LogP contribution in [0, 0.1) is 0 Å². The van der Waals surface area contributed by atoms with Crippen LogP contribution in [0.5, 0.6) is 5.75 Å². The topological polar surface area (TPSA) is 36.9 Å². The minimum Gasteiger partial charge on any atom is -0.497 e. The second-order valence-electron chi connectivity index (χ2n) is 4.96. The third-order valence-corrected chi connectivity index (χ3v) is 3.89. The molecule has 0 fully saturated rings. The molecule has 2 rings (SSSR count). The zero-order valence-electron chi connectivity index (χ0n) is 13.3. The van der Waals surface area contributed by atoms with Crippen molar-refractivity contribution in [3.05, 3.63) is 46.4 Å². The monoisotopic (exact) mass is 351 g/mol. The summed E-state index contributed by atoms with van der Waals surface area (Å²) >= 11 is 12.6. The maximum Gasteiger partial charge on any atom is 0.120 e. The fourth-order valence-electron chi connectivity index (χ4n) is 1.83. The van der Waals surface area contributed by atoms with Crippen molar-refractivity contribution in [1.82, 2.24) is 4.90 Å². The van der Waals surface area contributed by atoms with E-state index in [9.17, 15) is 0 Å². The van der Waals surface area contributed by atoms with Gasteiger partial charge in [0.1, 0.15) is 5.75 Å². The first-order valence-corrected chi connectivity index (χ1v) is 7.93. The summed E-state index contributed by atoms with van der Waals surface area (Å²) in [6.07, 6.45) is 1.73. The number of halogens is 2. The van der Waals surface area contributed by atoms with Crippen molar-refractivity contribution < 1.29 is 4.74 Å². The van der Waals surface area contributed by atoms with Gasteiger partial charge >= 0.3 is 0 Å². The Kier molecular flexibility index (Phi) is 6.13. The first-order chi connectivity index (χ1) is 11.0. The highest BCUT2D eigenvalue weighted by Crippen LogP contribution is 2.36. The zero-order chi connectivity index (χ0) is 16.8. The Hall–Kier alpha value is -1.91. The number of nitrogens with zero attached hydrogens (tertiary/aromatic N) is 2. The average molecular weight is 352 g/mol. The highest BCUT2D eigenvalue weighted by atomic mass is 35.5. The fraction of sp³-hybridized carbons (Fsp3) is 0.235. The van der Waals surface area contributed by atoms with E-state index in [0.717, 1.165) is 18.0 Å². The Labute approximate surface area is 146 Å². The lowest BCUT2D eigenvalue weighted by Gasteiger charge is -2.12. The van der Waals surface area contributed by atoms with Gasteiger partial charge in [0.15, 0.2) is 0 Å². The summed E-state index contributed by atoms with van der Waals surface area (Å²) in [6, 6.07) is 11.1. The van der Waals surface area contributed by atoms with E-state index in [0.29, 0.717) is 21.4 Å². The molecule has 0 unspecified atom stereocenters. The van der Waals surface area contributed by atoms with Crippen molar-refractivity contribution in [1.29, 1.82) is 0 Å². The summed E-state index contributed by atoms with van der Waals surface area (Å²) in [5, 5.41) is 4.31. The molecule has 4 nitrogen and oxygen atoms in total. The van der Waals surface area contributed by atoms with E-state index in [4.69, 9.17) is 27.9 Å². The molecule has 0 aliphatic rings. The van der Waals surface area contributed by atoms with Gasteiger partial charge in [-0.05, 0) is 31.2 Å². The van der Waals surface area contributed by atoms with Crippen LogP contribution in [-0.4, -0.2) is 31.9 Å². The van der Waals surface area contributed by atoms with E-state index >= 15 is 0 Å². The van der Waals surface area contributed by atoms with E-state index in [1.165, 1.54) is 0 Å². The summed E-state index contributed by atoms with van der Waals surface area (Å²) in [4.78, 5) is 6.30. The van der Waals surface area contributed by atoms with E-state index in [1.54, 1.807) is 25.6 Å². The third kappa shape index (κ3) is 4.78. The van der Waals surface area contributed by atoms with Crippen LogP contribution in [0.25, 0.3) is 0 Å². The smallest absolute Gasteiger partial charge is 0.120 e. The van der Waals surface area contributed by atoms with Crippen LogP contribution in [0.2, 0.25) is 10.0 Å². The molecule has 0 radical (unpaired) electrons. The minimum atomic E-state index is 0.528. The SMILES string of the molecule is CCN(C)/C=N\c1cc(Cl)c(Nc2cccc(OC)c2)cc1Cl. The number of benzene rings is 2. The maximum atomic E-state index is 6.33. The van der Waals surface area contributed by atoms with Crippen molar-refractivity contribution in [2.45, 2.75) is 6.92 Å². The number of hydrogen-bond donors (Lipinski definition) is 1. The van der Waals surface area contributed by atoms with E-state index in [-0.39, 0.29) is 0 Å². The van der Waals surface area contributed by atoms with E-state index < -0.39 is 0 Å². The zero-order valence-corrected chi connectivity index (χ0v) is 14.8. The first kappa shape index (κ1) is 17.4. The number of ether oxygens (including phenoxy) is 1. The molecule has 0 saturated carbocycles. The number of anilines is 2. The summed E-state index contributed by atoms with van der Waals surface area (Å²) in [7, 11) is 3.57. The second-order valence-corrected chi connectivity index (χ2v) is 5.77. The molecule has 0 aliphatic heterocycles. The molecule has 0 amide bonds. The number of hydrogen-bond acceptors (Lipinski definition) is 3. The largest absolute Gasteiger partial charge is 0.497 e. The minimum absolute atomic E-state index is 0.528. The number of rotatable bonds is 6. The third-order valence-electron chi connectivity index (χ3n) is 3.28. The molecule has 122 valence electrons. The van der Waals surface area contributed by atoms with Gasteiger partial charge in [0.25, 0.3) is 0 Å². The van der Waals surface area contributed by atoms with Crippen LogP contribution in [0.1, 0.15) is 6.92 Å². The Morgan fingerprint density at radius 2 is 2.00 bits per heavy atom. The molecule has 0 aliphatic carbocycles. The van der Waals surface area contributed by atoms with Crippen molar-refractivity contribution in [3.63, 3.8) is 0 Å².